The van der Waals surface area contributed by atoms with Gasteiger partial charge < -0.3 is 14.0 Å². The van der Waals surface area contributed by atoms with Crippen LogP contribution in [0.2, 0.25) is 0 Å². The van der Waals surface area contributed by atoms with E-state index in [-0.39, 0.29) is 5.97 Å². The summed E-state index contributed by atoms with van der Waals surface area (Å²) in [5.74, 6) is 0.505. The number of carbonyl (C=O) groups is 1. The molecule has 0 saturated heterocycles. The zero-order valence-corrected chi connectivity index (χ0v) is 10.9. The molecular formula is C14H17NO3. The average molecular weight is 247 g/mol. The third-order valence-corrected chi connectivity index (χ3v) is 2.93. The number of esters is 1. The molecule has 0 aliphatic heterocycles. The van der Waals surface area contributed by atoms with Gasteiger partial charge in [0, 0.05) is 24.2 Å². The van der Waals surface area contributed by atoms with E-state index in [1.807, 2.05) is 35.9 Å². The maximum Gasteiger partial charge on any atom is 0.340 e. The Bertz CT molecular complexity index is 572. The van der Waals surface area contributed by atoms with Crippen LogP contribution in [-0.2, 0) is 11.3 Å². The van der Waals surface area contributed by atoms with E-state index < -0.39 is 0 Å². The molecule has 4 nitrogen and oxygen atoms in total. The molecule has 96 valence electrons. The molecule has 4 heteroatoms. The fourth-order valence-electron chi connectivity index (χ4n) is 2.03. The molecule has 0 atom stereocenters. The van der Waals surface area contributed by atoms with Crippen molar-refractivity contribution < 1.29 is 14.3 Å². The Balaban J connectivity index is 2.58. The van der Waals surface area contributed by atoms with E-state index >= 15 is 0 Å². The average Bonchev–Trinajstić information content (AvgIpc) is 2.76. The lowest BCUT2D eigenvalue weighted by Gasteiger charge is -2.03. The fraction of sp³-hybridized carbons (Fsp3) is 0.357. The first kappa shape index (κ1) is 12.5. The molecule has 0 unspecified atom stereocenters. The Morgan fingerprint density at radius 1 is 1.33 bits per heavy atom. The first-order valence-corrected chi connectivity index (χ1v) is 6.05. The van der Waals surface area contributed by atoms with Crippen LogP contribution in [0.3, 0.4) is 0 Å². The van der Waals surface area contributed by atoms with Crippen molar-refractivity contribution in [1.29, 1.82) is 0 Å². The van der Waals surface area contributed by atoms with Crippen molar-refractivity contribution in [1.82, 2.24) is 4.57 Å². The molecule has 18 heavy (non-hydrogen) atoms. The van der Waals surface area contributed by atoms with Gasteiger partial charge in [0.2, 0.25) is 0 Å². The molecule has 0 fully saturated rings. The van der Waals surface area contributed by atoms with E-state index in [0.717, 1.165) is 23.2 Å². The second-order valence-corrected chi connectivity index (χ2v) is 3.93. The summed E-state index contributed by atoms with van der Waals surface area (Å²) in [6.45, 7) is 5.02. The maximum absolute atomic E-state index is 11.9. The second-order valence-electron chi connectivity index (χ2n) is 3.93. The maximum atomic E-state index is 11.9. The molecule has 0 radical (unpaired) electrons. The van der Waals surface area contributed by atoms with Crippen LogP contribution in [0.4, 0.5) is 0 Å². The number of rotatable bonds is 4. The number of ether oxygens (including phenoxy) is 2. The Kier molecular flexibility index (Phi) is 3.55. The van der Waals surface area contributed by atoms with Crippen molar-refractivity contribution in [3.8, 4) is 5.75 Å². The molecule has 0 aliphatic rings. The van der Waals surface area contributed by atoms with Gasteiger partial charge in [-0.05, 0) is 26.0 Å². The highest BCUT2D eigenvalue weighted by Crippen LogP contribution is 2.26. The first-order valence-electron chi connectivity index (χ1n) is 6.05. The summed E-state index contributed by atoms with van der Waals surface area (Å²) in [7, 11) is 1.63. The summed E-state index contributed by atoms with van der Waals surface area (Å²) in [5, 5.41) is 0.899. The Labute approximate surface area is 106 Å². The van der Waals surface area contributed by atoms with Crippen molar-refractivity contribution in [2.45, 2.75) is 20.4 Å². The van der Waals surface area contributed by atoms with Crippen molar-refractivity contribution in [2.75, 3.05) is 13.7 Å². The lowest BCUT2D eigenvalue weighted by Crippen LogP contribution is -2.03. The summed E-state index contributed by atoms with van der Waals surface area (Å²) in [5.41, 5.74) is 1.59. The molecule has 0 saturated carbocycles. The summed E-state index contributed by atoms with van der Waals surface area (Å²) >= 11 is 0. The van der Waals surface area contributed by atoms with Crippen LogP contribution in [0.5, 0.6) is 5.75 Å². The van der Waals surface area contributed by atoms with Gasteiger partial charge in [0.05, 0.1) is 24.8 Å². The van der Waals surface area contributed by atoms with Gasteiger partial charge in [-0.25, -0.2) is 4.79 Å². The van der Waals surface area contributed by atoms with Gasteiger partial charge in [-0.1, -0.05) is 0 Å². The zero-order valence-electron chi connectivity index (χ0n) is 10.9. The zero-order chi connectivity index (χ0) is 13.1. The van der Waals surface area contributed by atoms with Crippen LogP contribution in [0.25, 0.3) is 10.9 Å². The van der Waals surface area contributed by atoms with E-state index in [4.69, 9.17) is 9.47 Å². The normalized spacial score (nSPS) is 10.6. The minimum atomic E-state index is -0.278. The SMILES string of the molecule is CCOC(=O)c1cn(CC)c2cc(OC)ccc12. The number of aromatic nitrogens is 1. The summed E-state index contributed by atoms with van der Waals surface area (Å²) in [4.78, 5) is 11.9. The van der Waals surface area contributed by atoms with Crippen molar-refractivity contribution >= 4 is 16.9 Å². The number of fused-ring (bicyclic) bond motifs is 1. The van der Waals surface area contributed by atoms with Crippen LogP contribution < -0.4 is 4.74 Å². The highest BCUT2D eigenvalue weighted by molar-refractivity contribution is 6.04. The highest BCUT2D eigenvalue weighted by atomic mass is 16.5. The summed E-state index contributed by atoms with van der Waals surface area (Å²) < 4.78 is 12.3. The fourth-order valence-corrected chi connectivity index (χ4v) is 2.03. The van der Waals surface area contributed by atoms with Gasteiger partial charge in [-0.2, -0.15) is 0 Å². The highest BCUT2D eigenvalue weighted by Gasteiger charge is 2.15. The summed E-state index contributed by atoms with van der Waals surface area (Å²) in [6.07, 6.45) is 1.84. The lowest BCUT2D eigenvalue weighted by atomic mass is 10.1. The molecule has 0 N–H and O–H groups in total. The second kappa shape index (κ2) is 5.12. The molecule has 0 spiro atoms. The lowest BCUT2D eigenvalue weighted by molar-refractivity contribution is 0.0528. The molecule has 2 rings (SSSR count). The van der Waals surface area contributed by atoms with Crippen LogP contribution >= 0.6 is 0 Å². The Hall–Kier alpha value is -1.97. The van der Waals surface area contributed by atoms with E-state index in [1.165, 1.54) is 0 Å². The molecule has 2 aromatic rings. The van der Waals surface area contributed by atoms with Gasteiger partial charge in [-0.15, -0.1) is 0 Å². The predicted octanol–water partition coefficient (Wildman–Crippen LogP) is 2.85. The number of nitrogens with zero attached hydrogens (tertiary/aromatic N) is 1. The minimum Gasteiger partial charge on any atom is -0.497 e. The van der Waals surface area contributed by atoms with Crippen LogP contribution in [0.1, 0.15) is 24.2 Å². The molecule has 1 aromatic heterocycles. The number of carbonyl (C=O) groups excluding carboxylic acids is 1. The quantitative estimate of drug-likeness (QED) is 0.780. The first-order chi connectivity index (χ1) is 8.71. The molecule has 0 aliphatic carbocycles. The molecule has 1 aromatic carbocycles. The third kappa shape index (κ3) is 2.06. The number of methoxy groups -OCH3 is 1. The molecule has 0 amide bonds. The number of hydrogen-bond donors (Lipinski definition) is 0. The number of hydrogen-bond acceptors (Lipinski definition) is 3. The van der Waals surface area contributed by atoms with Gasteiger partial charge in [-0.3, -0.25) is 0 Å². The van der Waals surface area contributed by atoms with Gasteiger partial charge in [0.25, 0.3) is 0 Å². The van der Waals surface area contributed by atoms with E-state index in [9.17, 15) is 4.79 Å². The smallest absolute Gasteiger partial charge is 0.340 e. The monoisotopic (exact) mass is 247 g/mol. The van der Waals surface area contributed by atoms with Gasteiger partial charge in [0.15, 0.2) is 0 Å². The molecule has 0 bridgehead atoms. The molecule has 1 heterocycles. The minimum absolute atomic E-state index is 0.278. The summed E-state index contributed by atoms with van der Waals surface area (Å²) in [6, 6.07) is 5.68. The molecular weight excluding hydrogens is 230 g/mol. The van der Waals surface area contributed by atoms with Crippen molar-refractivity contribution in [3.05, 3.63) is 30.0 Å². The van der Waals surface area contributed by atoms with Crippen LogP contribution in [-0.4, -0.2) is 24.3 Å². The van der Waals surface area contributed by atoms with Crippen molar-refractivity contribution in [3.63, 3.8) is 0 Å². The largest absolute Gasteiger partial charge is 0.497 e. The van der Waals surface area contributed by atoms with Gasteiger partial charge in [0.1, 0.15) is 5.75 Å². The predicted molar refractivity (Wildman–Crippen MR) is 70.1 cm³/mol. The van der Waals surface area contributed by atoms with E-state index in [1.54, 1.807) is 14.0 Å². The van der Waals surface area contributed by atoms with Crippen LogP contribution in [0, 0.1) is 0 Å². The standard InChI is InChI=1S/C14H17NO3/c1-4-15-9-12(14(16)18-5-2)11-7-6-10(17-3)8-13(11)15/h6-9H,4-5H2,1-3H3. The van der Waals surface area contributed by atoms with Crippen molar-refractivity contribution in [2.24, 2.45) is 0 Å². The van der Waals surface area contributed by atoms with E-state index in [0.29, 0.717) is 12.2 Å². The Morgan fingerprint density at radius 2 is 2.11 bits per heavy atom. The van der Waals surface area contributed by atoms with E-state index in [2.05, 4.69) is 0 Å². The van der Waals surface area contributed by atoms with Crippen LogP contribution in [0.15, 0.2) is 24.4 Å². The number of benzene rings is 1. The third-order valence-electron chi connectivity index (χ3n) is 2.93. The topological polar surface area (TPSA) is 40.5 Å². The van der Waals surface area contributed by atoms with Gasteiger partial charge >= 0.3 is 5.97 Å². The number of aryl methyl sites for hydroxylation is 1. The Morgan fingerprint density at radius 3 is 2.72 bits per heavy atom.